The Morgan fingerprint density at radius 2 is 1.78 bits per heavy atom. The predicted molar refractivity (Wildman–Crippen MR) is 101 cm³/mol. The van der Waals surface area contributed by atoms with Crippen LogP contribution in [0.4, 0.5) is 5.69 Å². The van der Waals surface area contributed by atoms with Gasteiger partial charge < -0.3 is 24.8 Å². The fraction of sp³-hybridized carbons (Fsp3) is 0.500. The Morgan fingerprint density at radius 1 is 1.15 bits per heavy atom. The highest BCUT2D eigenvalue weighted by Gasteiger charge is 2.49. The van der Waals surface area contributed by atoms with Crippen molar-refractivity contribution in [2.45, 2.75) is 31.7 Å². The van der Waals surface area contributed by atoms with Crippen LogP contribution in [0, 0.1) is 5.41 Å². The molecular formula is C20H26N2O5. The maximum Gasteiger partial charge on any atom is 0.319 e. The lowest BCUT2D eigenvalue weighted by Gasteiger charge is -2.37. The van der Waals surface area contributed by atoms with E-state index in [0.717, 1.165) is 18.5 Å². The summed E-state index contributed by atoms with van der Waals surface area (Å²) in [5, 5.41) is 13.1. The molecule has 1 atom stereocenters. The second-order valence-corrected chi connectivity index (χ2v) is 7.10. The summed E-state index contributed by atoms with van der Waals surface area (Å²) in [7, 11) is 3.20. The molecule has 146 valence electrons. The second kappa shape index (κ2) is 7.90. The van der Waals surface area contributed by atoms with Crippen molar-refractivity contribution >= 4 is 17.6 Å². The number of nitrogens with one attached hydrogen (secondary N) is 1. The number of benzene rings is 1. The van der Waals surface area contributed by atoms with E-state index in [1.54, 1.807) is 37.3 Å². The summed E-state index contributed by atoms with van der Waals surface area (Å²) in [5.41, 5.74) is -0.484. The van der Waals surface area contributed by atoms with Crippen LogP contribution in [0.15, 0.2) is 30.4 Å². The lowest BCUT2D eigenvalue weighted by molar-refractivity contribution is -0.160. The number of aliphatic carboxylic acids is 1. The van der Waals surface area contributed by atoms with Gasteiger partial charge in [-0.2, -0.15) is 0 Å². The molecular weight excluding hydrogens is 348 g/mol. The van der Waals surface area contributed by atoms with Gasteiger partial charge in [0.1, 0.15) is 11.5 Å². The van der Waals surface area contributed by atoms with E-state index in [4.69, 9.17) is 9.47 Å². The lowest BCUT2D eigenvalue weighted by Crippen LogP contribution is -2.52. The van der Waals surface area contributed by atoms with Gasteiger partial charge in [-0.25, -0.2) is 0 Å². The molecule has 1 fully saturated rings. The molecule has 1 amide bonds. The third-order valence-electron chi connectivity index (χ3n) is 5.35. The van der Waals surface area contributed by atoms with Gasteiger partial charge in [-0.1, -0.05) is 12.2 Å². The van der Waals surface area contributed by atoms with E-state index in [1.165, 1.54) is 0 Å². The van der Waals surface area contributed by atoms with Crippen LogP contribution in [0.5, 0.6) is 11.5 Å². The van der Waals surface area contributed by atoms with Crippen molar-refractivity contribution in [2.24, 2.45) is 5.41 Å². The molecule has 1 heterocycles. The Kier molecular flexibility index (Phi) is 5.58. The van der Waals surface area contributed by atoms with E-state index in [2.05, 4.69) is 5.32 Å². The van der Waals surface area contributed by atoms with Crippen molar-refractivity contribution in [2.75, 3.05) is 32.6 Å². The summed E-state index contributed by atoms with van der Waals surface area (Å²) >= 11 is 0. The molecule has 2 aliphatic rings. The van der Waals surface area contributed by atoms with Crippen LogP contribution in [-0.4, -0.2) is 55.2 Å². The van der Waals surface area contributed by atoms with Crippen molar-refractivity contribution in [3.8, 4) is 11.5 Å². The second-order valence-electron chi connectivity index (χ2n) is 7.10. The smallest absolute Gasteiger partial charge is 0.319 e. The average molecular weight is 374 g/mol. The number of carboxylic acids is 1. The van der Waals surface area contributed by atoms with Crippen molar-refractivity contribution in [1.82, 2.24) is 4.90 Å². The van der Waals surface area contributed by atoms with Crippen LogP contribution < -0.4 is 14.8 Å². The van der Waals surface area contributed by atoms with Crippen molar-refractivity contribution in [3.63, 3.8) is 0 Å². The monoisotopic (exact) mass is 374 g/mol. The number of nitrogens with zero attached hydrogens (tertiary/aromatic N) is 1. The Hall–Kier alpha value is -2.70. The van der Waals surface area contributed by atoms with Gasteiger partial charge in [-0.15, -0.1) is 0 Å². The molecule has 1 unspecified atom stereocenters. The number of carbonyl (C=O) groups is 2. The number of anilines is 1. The molecule has 0 spiro atoms. The van der Waals surface area contributed by atoms with E-state index < -0.39 is 11.4 Å². The summed E-state index contributed by atoms with van der Waals surface area (Å²) < 4.78 is 10.6. The summed E-state index contributed by atoms with van der Waals surface area (Å²) in [6.45, 7) is 1.07. The maximum absolute atomic E-state index is 13.0. The first-order chi connectivity index (χ1) is 13.0. The highest BCUT2D eigenvalue weighted by atomic mass is 16.5. The molecule has 0 radical (unpaired) electrons. The molecule has 3 rings (SSSR count). The van der Waals surface area contributed by atoms with Gasteiger partial charge in [0.05, 0.1) is 14.2 Å². The molecule has 1 aromatic carbocycles. The van der Waals surface area contributed by atoms with Gasteiger partial charge in [0.15, 0.2) is 5.41 Å². The van der Waals surface area contributed by atoms with Gasteiger partial charge in [0, 0.05) is 43.0 Å². The summed E-state index contributed by atoms with van der Waals surface area (Å²) in [6.07, 6.45) is 5.84. The van der Waals surface area contributed by atoms with E-state index in [0.29, 0.717) is 24.6 Å². The number of hydrogen-bond donors (Lipinski definition) is 2. The van der Waals surface area contributed by atoms with Gasteiger partial charge >= 0.3 is 5.97 Å². The first-order valence-corrected chi connectivity index (χ1v) is 9.16. The van der Waals surface area contributed by atoms with Crippen molar-refractivity contribution in [3.05, 3.63) is 30.4 Å². The number of carboxylic acid groups (broad SMARTS) is 1. The van der Waals surface area contributed by atoms with Crippen molar-refractivity contribution in [1.29, 1.82) is 0 Å². The maximum atomic E-state index is 13.0. The third-order valence-corrected chi connectivity index (χ3v) is 5.35. The normalized spacial score (nSPS) is 21.0. The first-order valence-electron chi connectivity index (χ1n) is 9.16. The minimum Gasteiger partial charge on any atom is -0.497 e. The summed E-state index contributed by atoms with van der Waals surface area (Å²) in [6, 6.07) is 5.59. The Labute approximate surface area is 158 Å². The molecule has 7 heteroatoms. The molecule has 0 bridgehead atoms. The Morgan fingerprint density at radius 3 is 2.33 bits per heavy atom. The number of ether oxygens (including phenoxy) is 2. The number of rotatable bonds is 6. The third kappa shape index (κ3) is 3.86. The van der Waals surface area contributed by atoms with Crippen LogP contribution in [0.25, 0.3) is 0 Å². The fourth-order valence-electron chi connectivity index (χ4n) is 3.80. The molecule has 0 saturated carbocycles. The zero-order valence-electron chi connectivity index (χ0n) is 15.7. The molecule has 1 aromatic rings. The number of carbonyl (C=O) groups excluding carboxylic acids is 1. The van der Waals surface area contributed by atoms with E-state index in [1.807, 2.05) is 12.1 Å². The molecule has 2 N–H and O–H groups in total. The standard InChI is InChI=1S/C20H26N2O5/c1-26-16-10-15(11-17(12-16)27-2)21-14-6-5-9-22(13-14)18(23)20(19(24)25)7-3-4-8-20/h3-4,10-12,14,21H,5-9,13H2,1-2H3,(H,24,25). The number of methoxy groups -OCH3 is 2. The van der Waals surface area contributed by atoms with E-state index in [9.17, 15) is 14.7 Å². The van der Waals surface area contributed by atoms with Crippen LogP contribution in [0.1, 0.15) is 25.7 Å². The molecule has 1 saturated heterocycles. The van der Waals surface area contributed by atoms with Crippen LogP contribution in [0.2, 0.25) is 0 Å². The Balaban J connectivity index is 1.71. The van der Waals surface area contributed by atoms with Gasteiger partial charge in [0.25, 0.3) is 0 Å². The first kappa shape index (κ1) is 19.1. The lowest BCUT2D eigenvalue weighted by atomic mass is 9.83. The van der Waals surface area contributed by atoms with Crippen LogP contribution in [-0.2, 0) is 9.59 Å². The molecule has 0 aromatic heterocycles. The van der Waals surface area contributed by atoms with Gasteiger partial charge in [0.2, 0.25) is 5.91 Å². The number of likely N-dealkylation sites (tertiary alicyclic amines) is 1. The van der Waals surface area contributed by atoms with E-state index in [-0.39, 0.29) is 24.8 Å². The highest BCUT2D eigenvalue weighted by Crippen LogP contribution is 2.36. The van der Waals surface area contributed by atoms with Crippen molar-refractivity contribution < 1.29 is 24.2 Å². The summed E-state index contributed by atoms with van der Waals surface area (Å²) in [5.74, 6) is 0.0461. The molecule has 1 aliphatic carbocycles. The zero-order valence-corrected chi connectivity index (χ0v) is 15.7. The van der Waals surface area contributed by atoms with Gasteiger partial charge in [-0.05, 0) is 25.7 Å². The fourth-order valence-corrected chi connectivity index (χ4v) is 3.80. The zero-order chi connectivity index (χ0) is 19.4. The topological polar surface area (TPSA) is 88.1 Å². The SMILES string of the molecule is COc1cc(NC2CCCN(C(=O)C3(C(=O)O)CC=CC3)C2)cc(OC)c1. The Bertz CT molecular complexity index is 716. The highest BCUT2D eigenvalue weighted by molar-refractivity contribution is 6.02. The van der Waals surface area contributed by atoms with Crippen LogP contribution >= 0.6 is 0 Å². The molecule has 7 nitrogen and oxygen atoms in total. The summed E-state index contributed by atoms with van der Waals surface area (Å²) in [4.78, 5) is 26.5. The average Bonchev–Trinajstić information content (AvgIpc) is 3.18. The quantitative estimate of drug-likeness (QED) is 0.588. The van der Waals surface area contributed by atoms with Gasteiger partial charge in [-0.3, -0.25) is 9.59 Å². The number of allylic oxidation sites excluding steroid dienone is 2. The minimum atomic E-state index is -1.33. The molecule has 1 aliphatic heterocycles. The minimum absolute atomic E-state index is 0.0414. The largest absolute Gasteiger partial charge is 0.497 e. The van der Waals surface area contributed by atoms with Crippen LogP contribution in [0.3, 0.4) is 0 Å². The number of piperidine rings is 1. The number of amides is 1. The molecule has 27 heavy (non-hydrogen) atoms. The predicted octanol–water partition coefficient (Wildman–Crippen LogP) is 2.53. The van der Waals surface area contributed by atoms with E-state index >= 15 is 0 Å². The number of hydrogen-bond acceptors (Lipinski definition) is 5.